The zero-order valence-corrected chi connectivity index (χ0v) is 13.6. The summed E-state index contributed by atoms with van der Waals surface area (Å²) in [6, 6.07) is 10.9. The van der Waals surface area contributed by atoms with Crippen molar-refractivity contribution in [1.82, 2.24) is 15.5 Å². The molecule has 2 heterocycles. The first-order chi connectivity index (χ1) is 11.7. The maximum atomic E-state index is 11.8. The van der Waals surface area contributed by atoms with Gasteiger partial charge in [-0.1, -0.05) is 16.8 Å². The van der Waals surface area contributed by atoms with Crippen LogP contribution in [-0.2, 0) is 17.6 Å². The minimum absolute atomic E-state index is 0.0381. The van der Waals surface area contributed by atoms with E-state index in [2.05, 4.69) is 15.5 Å². The third-order valence-electron chi connectivity index (χ3n) is 3.41. The Labute approximate surface area is 143 Å². The highest BCUT2D eigenvalue weighted by molar-refractivity contribution is 6.30. The van der Waals surface area contributed by atoms with Gasteiger partial charge in [0.1, 0.15) is 5.76 Å². The number of nitrogens with zero attached hydrogens (tertiary/aromatic N) is 2. The maximum Gasteiger partial charge on any atom is 0.228 e. The van der Waals surface area contributed by atoms with Crippen molar-refractivity contribution in [3.63, 3.8) is 0 Å². The molecule has 6 nitrogen and oxygen atoms in total. The molecule has 0 radical (unpaired) electrons. The zero-order valence-electron chi connectivity index (χ0n) is 12.9. The molecule has 0 bridgehead atoms. The Balaban J connectivity index is 1.43. The van der Waals surface area contributed by atoms with Gasteiger partial charge in [0, 0.05) is 36.4 Å². The minimum atomic E-state index is -0.0381. The van der Waals surface area contributed by atoms with Crippen molar-refractivity contribution in [2.45, 2.75) is 19.3 Å². The molecule has 0 fully saturated rings. The molecule has 3 aromatic rings. The summed E-state index contributed by atoms with van der Waals surface area (Å²) >= 11 is 5.85. The maximum absolute atomic E-state index is 11.8. The van der Waals surface area contributed by atoms with Crippen molar-refractivity contribution in [1.29, 1.82) is 0 Å². The average Bonchev–Trinajstić information content (AvgIpc) is 3.25. The van der Waals surface area contributed by atoms with E-state index < -0.39 is 0 Å². The van der Waals surface area contributed by atoms with E-state index in [0.717, 1.165) is 11.3 Å². The summed E-state index contributed by atoms with van der Waals surface area (Å²) in [4.78, 5) is 16.1. The molecule has 1 N–H and O–H groups in total. The van der Waals surface area contributed by atoms with Gasteiger partial charge in [0.25, 0.3) is 0 Å². The summed E-state index contributed by atoms with van der Waals surface area (Å²) in [5.41, 5.74) is 0.830. The Morgan fingerprint density at radius 1 is 1.17 bits per heavy atom. The zero-order chi connectivity index (χ0) is 16.8. The second-order valence-electron chi connectivity index (χ2n) is 5.20. The molecule has 0 aliphatic carbocycles. The van der Waals surface area contributed by atoms with Crippen LogP contribution >= 0.6 is 11.6 Å². The third kappa shape index (κ3) is 4.45. The van der Waals surface area contributed by atoms with E-state index in [1.165, 1.54) is 0 Å². The summed E-state index contributed by atoms with van der Waals surface area (Å²) in [6.07, 6.45) is 3.04. The molecule has 2 aromatic heterocycles. The fourth-order valence-electron chi connectivity index (χ4n) is 2.16. The van der Waals surface area contributed by atoms with Crippen LogP contribution in [0.5, 0.6) is 0 Å². The summed E-state index contributed by atoms with van der Waals surface area (Å²) < 4.78 is 10.4. The first-order valence-corrected chi connectivity index (χ1v) is 7.96. The molecule has 0 aliphatic heterocycles. The Bertz CT molecular complexity index is 782. The van der Waals surface area contributed by atoms with Gasteiger partial charge in [0.05, 0.1) is 6.26 Å². The van der Waals surface area contributed by atoms with Crippen LogP contribution in [0, 0.1) is 0 Å². The van der Waals surface area contributed by atoms with Crippen molar-refractivity contribution in [3.05, 3.63) is 59.3 Å². The summed E-state index contributed by atoms with van der Waals surface area (Å²) in [5.74, 6) is 1.75. The molecule has 3 rings (SSSR count). The van der Waals surface area contributed by atoms with Crippen molar-refractivity contribution in [2.24, 2.45) is 0 Å². The smallest absolute Gasteiger partial charge is 0.228 e. The number of hydrogen-bond acceptors (Lipinski definition) is 5. The minimum Gasteiger partial charge on any atom is -0.469 e. The third-order valence-corrected chi connectivity index (χ3v) is 3.66. The quantitative estimate of drug-likeness (QED) is 0.710. The lowest BCUT2D eigenvalue weighted by Crippen LogP contribution is -2.25. The van der Waals surface area contributed by atoms with E-state index in [0.29, 0.717) is 42.5 Å². The lowest BCUT2D eigenvalue weighted by molar-refractivity contribution is -0.121. The summed E-state index contributed by atoms with van der Waals surface area (Å²) in [6.45, 7) is 0.444. The number of rotatable bonds is 7. The first-order valence-electron chi connectivity index (χ1n) is 7.58. The number of hydrogen-bond donors (Lipinski definition) is 1. The number of carbonyl (C=O) groups is 1. The van der Waals surface area contributed by atoms with Crippen LogP contribution in [0.1, 0.15) is 18.1 Å². The second kappa shape index (κ2) is 7.79. The number of amides is 1. The fourth-order valence-corrected chi connectivity index (χ4v) is 2.29. The van der Waals surface area contributed by atoms with E-state index in [4.69, 9.17) is 20.5 Å². The SMILES string of the molecule is O=C(CCc1ccco1)NCCc1nc(-c2ccc(Cl)cc2)no1. The van der Waals surface area contributed by atoms with E-state index in [1.807, 2.05) is 18.2 Å². The summed E-state index contributed by atoms with van der Waals surface area (Å²) in [5, 5.41) is 7.41. The standard InChI is InChI=1S/C17H16ClN3O3/c18-13-5-3-12(4-6-13)17-20-16(24-21-17)9-10-19-15(22)8-7-14-2-1-11-23-14/h1-6,11H,7-10H2,(H,19,22). The van der Waals surface area contributed by atoms with Crippen LogP contribution in [0.4, 0.5) is 0 Å². The Kier molecular flexibility index (Phi) is 5.28. The Hall–Kier alpha value is -2.60. The largest absolute Gasteiger partial charge is 0.469 e. The predicted octanol–water partition coefficient (Wildman–Crippen LogP) is 3.27. The molecule has 7 heteroatoms. The van der Waals surface area contributed by atoms with Gasteiger partial charge in [-0.3, -0.25) is 4.79 Å². The van der Waals surface area contributed by atoms with Crippen LogP contribution in [0.15, 0.2) is 51.6 Å². The summed E-state index contributed by atoms with van der Waals surface area (Å²) in [7, 11) is 0. The molecule has 1 amide bonds. The van der Waals surface area contributed by atoms with Gasteiger partial charge < -0.3 is 14.3 Å². The van der Waals surface area contributed by atoms with Gasteiger partial charge in [0.15, 0.2) is 0 Å². The number of aromatic nitrogens is 2. The van der Waals surface area contributed by atoms with Crippen LogP contribution in [0.25, 0.3) is 11.4 Å². The van der Waals surface area contributed by atoms with Crippen LogP contribution in [-0.4, -0.2) is 22.6 Å². The van der Waals surface area contributed by atoms with Gasteiger partial charge >= 0.3 is 0 Å². The Morgan fingerprint density at radius 2 is 2.00 bits per heavy atom. The van der Waals surface area contributed by atoms with Crippen molar-refractivity contribution in [3.8, 4) is 11.4 Å². The molecule has 0 atom stereocenters. The van der Waals surface area contributed by atoms with Crippen LogP contribution in [0.2, 0.25) is 5.02 Å². The highest BCUT2D eigenvalue weighted by Gasteiger charge is 2.09. The van der Waals surface area contributed by atoms with Crippen molar-refractivity contribution < 1.29 is 13.7 Å². The normalized spacial score (nSPS) is 10.7. The second-order valence-corrected chi connectivity index (χ2v) is 5.63. The molecule has 0 spiro atoms. The van der Waals surface area contributed by atoms with Crippen molar-refractivity contribution in [2.75, 3.05) is 6.54 Å². The number of nitrogens with one attached hydrogen (secondary N) is 1. The molecule has 0 saturated carbocycles. The van der Waals surface area contributed by atoms with Crippen LogP contribution in [0.3, 0.4) is 0 Å². The lowest BCUT2D eigenvalue weighted by Gasteiger charge is -2.02. The van der Waals surface area contributed by atoms with E-state index in [9.17, 15) is 4.79 Å². The molecule has 0 saturated heterocycles. The number of carbonyl (C=O) groups excluding carboxylic acids is 1. The predicted molar refractivity (Wildman–Crippen MR) is 88.5 cm³/mol. The van der Waals surface area contributed by atoms with Gasteiger partial charge in [0.2, 0.25) is 17.6 Å². The molecule has 1 aromatic carbocycles. The molecule has 0 aliphatic rings. The number of halogens is 1. The molecular weight excluding hydrogens is 330 g/mol. The molecule has 0 unspecified atom stereocenters. The highest BCUT2D eigenvalue weighted by Crippen LogP contribution is 2.18. The monoisotopic (exact) mass is 345 g/mol. The Morgan fingerprint density at radius 3 is 2.75 bits per heavy atom. The number of benzene rings is 1. The average molecular weight is 346 g/mol. The van der Waals surface area contributed by atoms with E-state index in [1.54, 1.807) is 24.5 Å². The van der Waals surface area contributed by atoms with Gasteiger partial charge in [-0.2, -0.15) is 4.98 Å². The fraction of sp³-hybridized carbons (Fsp3) is 0.235. The van der Waals surface area contributed by atoms with Gasteiger partial charge in [-0.25, -0.2) is 0 Å². The van der Waals surface area contributed by atoms with Gasteiger partial charge in [-0.05, 0) is 36.4 Å². The highest BCUT2D eigenvalue weighted by atomic mass is 35.5. The first kappa shape index (κ1) is 16.3. The number of aryl methyl sites for hydroxylation is 1. The number of furan rings is 1. The van der Waals surface area contributed by atoms with E-state index in [-0.39, 0.29) is 5.91 Å². The molecule has 124 valence electrons. The van der Waals surface area contributed by atoms with Crippen molar-refractivity contribution >= 4 is 17.5 Å². The van der Waals surface area contributed by atoms with Gasteiger partial charge in [-0.15, -0.1) is 0 Å². The lowest BCUT2D eigenvalue weighted by atomic mass is 10.2. The molecule has 24 heavy (non-hydrogen) atoms. The topological polar surface area (TPSA) is 81.2 Å². The molecular formula is C17H16ClN3O3. The van der Waals surface area contributed by atoms with Crippen LogP contribution < -0.4 is 5.32 Å². The van der Waals surface area contributed by atoms with E-state index >= 15 is 0 Å².